The van der Waals surface area contributed by atoms with Gasteiger partial charge >= 0.3 is 0 Å². The lowest BCUT2D eigenvalue weighted by molar-refractivity contribution is 0.498. The molecule has 0 fully saturated rings. The van der Waals surface area contributed by atoms with E-state index < -0.39 is 10.0 Å². The Morgan fingerprint density at radius 1 is 1.35 bits per heavy atom. The summed E-state index contributed by atoms with van der Waals surface area (Å²) in [7, 11) is -3.47. The Bertz CT molecular complexity index is 618. The van der Waals surface area contributed by atoms with E-state index in [1.54, 1.807) is 23.6 Å². The van der Waals surface area contributed by atoms with Gasteiger partial charge in [0.15, 0.2) is 0 Å². The van der Waals surface area contributed by atoms with E-state index in [9.17, 15) is 8.42 Å². The second-order valence-corrected chi connectivity index (χ2v) is 7.09. The number of rotatable bonds is 8. The van der Waals surface area contributed by atoms with Crippen LogP contribution in [0.3, 0.4) is 0 Å². The van der Waals surface area contributed by atoms with Crippen molar-refractivity contribution in [2.24, 2.45) is 0 Å². The van der Waals surface area contributed by atoms with Gasteiger partial charge in [0.2, 0.25) is 10.0 Å². The molecular weight excluding hydrogens is 296 g/mol. The summed E-state index contributed by atoms with van der Waals surface area (Å²) in [5, 5.41) is 4.91. The standard InChI is InChI=1S/C13H18N2O3S2/c1-2-5-14-9-12-7-13(10-19-12)20(16,17)15-8-11-4-3-6-18-11/h3-4,6-7,10,14-15H,2,5,8-9H2,1H3. The smallest absolute Gasteiger partial charge is 0.241 e. The molecule has 0 amide bonds. The van der Waals surface area contributed by atoms with Gasteiger partial charge in [0.25, 0.3) is 0 Å². The van der Waals surface area contributed by atoms with E-state index in [0.717, 1.165) is 17.8 Å². The lowest BCUT2D eigenvalue weighted by Crippen LogP contribution is -2.22. The van der Waals surface area contributed by atoms with Crippen LogP contribution in [-0.4, -0.2) is 15.0 Å². The van der Waals surface area contributed by atoms with Crippen LogP contribution in [0.5, 0.6) is 0 Å². The quantitative estimate of drug-likeness (QED) is 0.734. The fraction of sp³-hybridized carbons (Fsp3) is 0.385. The normalized spacial score (nSPS) is 11.8. The minimum absolute atomic E-state index is 0.161. The van der Waals surface area contributed by atoms with Gasteiger partial charge in [0.05, 0.1) is 17.7 Å². The minimum atomic E-state index is -3.47. The van der Waals surface area contributed by atoms with Crippen molar-refractivity contribution in [3.8, 4) is 0 Å². The molecule has 0 aliphatic heterocycles. The molecule has 2 N–H and O–H groups in total. The molecule has 0 saturated heterocycles. The Balaban J connectivity index is 1.95. The molecule has 5 nitrogen and oxygen atoms in total. The second-order valence-electron chi connectivity index (χ2n) is 4.33. The predicted molar refractivity (Wildman–Crippen MR) is 79.1 cm³/mol. The van der Waals surface area contributed by atoms with Gasteiger partial charge < -0.3 is 9.73 Å². The Labute approximate surface area is 123 Å². The molecule has 20 heavy (non-hydrogen) atoms. The molecule has 0 radical (unpaired) electrons. The lowest BCUT2D eigenvalue weighted by Gasteiger charge is -2.02. The maximum absolute atomic E-state index is 12.1. The molecule has 2 rings (SSSR count). The molecule has 0 unspecified atom stereocenters. The van der Waals surface area contributed by atoms with Crippen molar-refractivity contribution >= 4 is 21.4 Å². The fourth-order valence-corrected chi connectivity index (χ4v) is 3.88. The lowest BCUT2D eigenvalue weighted by atomic mass is 10.4. The van der Waals surface area contributed by atoms with Crippen molar-refractivity contribution in [3.63, 3.8) is 0 Å². The van der Waals surface area contributed by atoms with Gasteiger partial charge in [-0.1, -0.05) is 6.92 Å². The zero-order valence-electron chi connectivity index (χ0n) is 11.3. The molecule has 7 heteroatoms. The Kier molecular flexibility index (Phi) is 5.36. The maximum Gasteiger partial charge on any atom is 0.241 e. The van der Waals surface area contributed by atoms with Crippen LogP contribution < -0.4 is 10.0 Å². The van der Waals surface area contributed by atoms with Gasteiger partial charge in [-0.15, -0.1) is 11.3 Å². The first kappa shape index (κ1) is 15.2. The molecule has 110 valence electrons. The highest BCUT2D eigenvalue weighted by Gasteiger charge is 2.16. The highest BCUT2D eigenvalue weighted by atomic mass is 32.2. The highest BCUT2D eigenvalue weighted by molar-refractivity contribution is 7.89. The van der Waals surface area contributed by atoms with E-state index >= 15 is 0 Å². The number of hydrogen-bond acceptors (Lipinski definition) is 5. The van der Waals surface area contributed by atoms with Crippen LogP contribution in [0.2, 0.25) is 0 Å². The molecule has 0 saturated carbocycles. The summed E-state index contributed by atoms with van der Waals surface area (Å²) in [6.45, 7) is 3.88. The van der Waals surface area contributed by atoms with Crippen molar-refractivity contribution in [1.82, 2.24) is 10.0 Å². The van der Waals surface area contributed by atoms with Crippen LogP contribution in [0.1, 0.15) is 24.0 Å². The van der Waals surface area contributed by atoms with Crippen LogP contribution in [0.4, 0.5) is 0 Å². The summed E-state index contributed by atoms with van der Waals surface area (Å²) >= 11 is 1.45. The first-order valence-corrected chi connectivity index (χ1v) is 8.78. The van der Waals surface area contributed by atoms with Gasteiger partial charge in [-0.2, -0.15) is 0 Å². The first-order valence-electron chi connectivity index (χ1n) is 6.42. The van der Waals surface area contributed by atoms with Crippen LogP contribution in [-0.2, 0) is 23.1 Å². The van der Waals surface area contributed by atoms with E-state index in [1.807, 2.05) is 0 Å². The van der Waals surface area contributed by atoms with Crippen LogP contribution in [0, 0.1) is 0 Å². The summed E-state index contributed by atoms with van der Waals surface area (Å²) in [5.41, 5.74) is 0. The third-order valence-corrected chi connectivity index (χ3v) is 5.15. The Morgan fingerprint density at radius 3 is 2.90 bits per heavy atom. The zero-order chi connectivity index (χ0) is 14.4. The van der Waals surface area contributed by atoms with E-state index in [4.69, 9.17) is 4.42 Å². The van der Waals surface area contributed by atoms with E-state index in [0.29, 0.717) is 17.2 Å². The molecule has 0 aromatic carbocycles. The third-order valence-electron chi connectivity index (χ3n) is 2.68. The van der Waals surface area contributed by atoms with Gasteiger partial charge in [-0.3, -0.25) is 0 Å². The first-order chi connectivity index (χ1) is 9.62. The summed E-state index contributed by atoms with van der Waals surface area (Å²) in [6, 6.07) is 5.17. The van der Waals surface area contributed by atoms with Crippen molar-refractivity contribution in [3.05, 3.63) is 40.5 Å². The van der Waals surface area contributed by atoms with Crippen molar-refractivity contribution < 1.29 is 12.8 Å². The van der Waals surface area contributed by atoms with Crippen LogP contribution >= 0.6 is 11.3 Å². The van der Waals surface area contributed by atoms with Gasteiger partial charge in [-0.25, -0.2) is 13.1 Å². The SMILES string of the molecule is CCCNCc1cc(S(=O)(=O)NCc2ccco2)cs1. The topological polar surface area (TPSA) is 71.3 Å². The largest absolute Gasteiger partial charge is 0.468 e. The average Bonchev–Trinajstić information content (AvgIpc) is 3.08. The zero-order valence-corrected chi connectivity index (χ0v) is 12.9. The van der Waals surface area contributed by atoms with Crippen molar-refractivity contribution in [1.29, 1.82) is 0 Å². The number of sulfonamides is 1. The second kappa shape index (κ2) is 7.03. The monoisotopic (exact) mass is 314 g/mol. The summed E-state index contributed by atoms with van der Waals surface area (Å²) < 4.78 is 31.8. The minimum Gasteiger partial charge on any atom is -0.468 e. The molecule has 0 aliphatic rings. The van der Waals surface area contributed by atoms with Gasteiger partial charge in [0.1, 0.15) is 5.76 Å². The van der Waals surface area contributed by atoms with E-state index in [-0.39, 0.29) is 6.54 Å². The number of hydrogen-bond donors (Lipinski definition) is 2. The molecule has 2 aromatic rings. The fourth-order valence-electron chi connectivity index (χ4n) is 1.65. The van der Waals surface area contributed by atoms with Crippen molar-refractivity contribution in [2.45, 2.75) is 31.3 Å². The highest BCUT2D eigenvalue weighted by Crippen LogP contribution is 2.19. The number of furan rings is 1. The molecule has 0 atom stereocenters. The summed E-state index contributed by atoms with van der Waals surface area (Å²) in [6.07, 6.45) is 2.58. The summed E-state index contributed by atoms with van der Waals surface area (Å²) in [4.78, 5) is 1.32. The average molecular weight is 314 g/mol. The predicted octanol–water partition coefficient (Wildman–Crippen LogP) is 2.32. The molecule has 0 spiro atoms. The van der Waals surface area contributed by atoms with E-state index in [1.165, 1.54) is 17.6 Å². The number of nitrogens with one attached hydrogen (secondary N) is 2. The maximum atomic E-state index is 12.1. The van der Waals surface area contributed by atoms with Crippen LogP contribution in [0.15, 0.2) is 39.2 Å². The van der Waals surface area contributed by atoms with Crippen LogP contribution in [0.25, 0.3) is 0 Å². The molecule has 2 heterocycles. The Morgan fingerprint density at radius 2 is 2.20 bits per heavy atom. The van der Waals surface area contributed by atoms with Crippen molar-refractivity contribution in [2.75, 3.05) is 6.54 Å². The molecule has 0 bridgehead atoms. The third kappa shape index (κ3) is 4.17. The molecule has 0 aliphatic carbocycles. The summed E-state index contributed by atoms with van der Waals surface area (Å²) in [5.74, 6) is 0.591. The number of thiophene rings is 1. The molecular formula is C13H18N2O3S2. The van der Waals surface area contributed by atoms with Gasteiger partial charge in [0, 0.05) is 16.8 Å². The van der Waals surface area contributed by atoms with Gasteiger partial charge in [-0.05, 0) is 31.2 Å². The van der Waals surface area contributed by atoms with E-state index in [2.05, 4.69) is 17.0 Å². The molecule has 2 aromatic heterocycles. The Hall–Kier alpha value is -1.15.